The molecule has 3 nitrogen and oxygen atoms in total. The molecule has 0 saturated heterocycles. The maximum Gasteiger partial charge on any atom is 0.116 e. The minimum atomic E-state index is 0.181. The van der Waals surface area contributed by atoms with Crippen molar-refractivity contribution in [3.63, 3.8) is 0 Å². The highest BCUT2D eigenvalue weighted by molar-refractivity contribution is 6.31. The van der Waals surface area contributed by atoms with E-state index in [0.717, 1.165) is 22.3 Å². The normalized spacial score (nSPS) is 10.4. The Morgan fingerprint density at radius 1 is 1.04 bits per heavy atom. The van der Waals surface area contributed by atoms with E-state index in [9.17, 15) is 10.4 Å². The number of benzene rings is 2. The van der Waals surface area contributed by atoms with E-state index in [0.29, 0.717) is 22.0 Å². The second-order valence-electron chi connectivity index (χ2n) is 5.64. The zero-order valence-corrected chi connectivity index (χ0v) is 14.1. The Balaban J connectivity index is 2.24. The first kappa shape index (κ1) is 16.0. The smallest absolute Gasteiger partial charge is 0.116 e. The minimum Gasteiger partial charge on any atom is -0.508 e. The second-order valence-corrected chi connectivity index (χ2v) is 6.05. The molecule has 0 spiro atoms. The number of hydrogen-bond donors (Lipinski definition) is 1. The van der Waals surface area contributed by atoms with Crippen molar-refractivity contribution in [1.82, 2.24) is 4.98 Å². The van der Waals surface area contributed by atoms with Crippen LogP contribution in [0.1, 0.15) is 16.8 Å². The number of pyridine rings is 1. The van der Waals surface area contributed by atoms with E-state index >= 15 is 0 Å². The standard InChI is InChI=1S/C20H15ClN2O/c1-12-8-14(6-7-19(12)21)17-10-20(23-13(2)18(17)11-22)15-4-3-5-16(24)9-15/h3-10,24H,1-2H3. The van der Waals surface area contributed by atoms with E-state index < -0.39 is 0 Å². The third kappa shape index (κ3) is 2.97. The molecule has 24 heavy (non-hydrogen) atoms. The Hall–Kier alpha value is -2.83. The lowest BCUT2D eigenvalue weighted by Crippen LogP contribution is -1.96. The summed E-state index contributed by atoms with van der Waals surface area (Å²) < 4.78 is 0. The third-order valence-corrected chi connectivity index (χ3v) is 4.35. The van der Waals surface area contributed by atoms with Crippen LogP contribution in [0.25, 0.3) is 22.4 Å². The van der Waals surface area contributed by atoms with Crippen LogP contribution in [-0.4, -0.2) is 10.1 Å². The van der Waals surface area contributed by atoms with Crippen LogP contribution >= 0.6 is 11.6 Å². The predicted octanol–water partition coefficient (Wildman–Crippen LogP) is 5.26. The lowest BCUT2D eigenvalue weighted by molar-refractivity contribution is 0.475. The minimum absolute atomic E-state index is 0.181. The summed E-state index contributed by atoms with van der Waals surface area (Å²) in [4.78, 5) is 4.52. The van der Waals surface area contributed by atoms with Crippen LogP contribution in [0.2, 0.25) is 5.02 Å². The van der Waals surface area contributed by atoms with E-state index in [1.165, 1.54) is 0 Å². The molecule has 0 aliphatic heterocycles. The van der Waals surface area contributed by atoms with Gasteiger partial charge in [0, 0.05) is 16.1 Å². The van der Waals surface area contributed by atoms with Crippen molar-refractivity contribution in [2.24, 2.45) is 0 Å². The molecule has 0 radical (unpaired) electrons. The molecule has 0 bridgehead atoms. The summed E-state index contributed by atoms with van der Waals surface area (Å²) in [6.45, 7) is 3.75. The largest absolute Gasteiger partial charge is 0.508 e. The lowest BCUT2D eigenvalue weighted by atomic mass is 9.96. The van der Waals surface area contributed by atoms with Gasteiger partial charge in [-0.25, -0.2) is 0 Å². The first-order chi connectivity index (χ1) is 11.5. The molecule has 3 rings (SSSR count). The van der Waals surface area contributed by atoms with Gasteiger partial charge in [-0.05, 0) is 55.3 Å². The third-order valence-electron chi connectivity index (χ3n) is 3.92. The number of nitrogens with zero attached hydrogens (tertiary/aromatic N) is 2. The summed E-state index contributed by atoms with van der Waals surface area (Å²) in [6, 6.07) is 16.7. The average molecular weight is 335 g/mol. The summed E-state index contributed by atoms with van der Waals surface area (Å²) in [5, 5.41) is 19.9. The number of aromatic hydroxyl groups is 1. The summed E-state index contributed by atoms with van der Waals surface area (Å²) in [6.07, 6.45) is 0. The van der Waals surface area contributed by atoms with Crippen molar-refractivity contribution in [2.75, 3.05) is 0 Å². The van der Waals surface area contributed by atoms with Gasteiger partial charge in [-0.3, -0.25) is 4.98 Å². The van der Waals surface area contributed by atoms with Gasteiger partial charge in [-0.2, -0.15) is 5.26 Å². The number of rotatable bonds is 2. The predicted molar refractivity (Wildman–Crippen MR) is 96.0 cm³/mol. The summed E-state index contributed by atoms with van der Waals surface area (Å²) in [5.74, 6) is 0.181. The molecule has 1 N–H and O–H groups in total. The van der Waals surface area contributed by atoms with Gasteiger partial charge in [-0.15, -0.1) is 0 Å². The van der Waals surface area contributed by atoms with Crippen molar-refractivity contribution in [3.8, 4) is 34.2 Å². The highest BCUT2D eigenvalue weighted by Gasteiger charge is 2.13. The fourth-order valence-electron chi connectivity index (χ4n) is 2.67. The van der Waals surface area contributed by atoms with Crippen molar-refractivity contribution in [3.05, 3.63) is 70.4 Å². The Kier molecular flexibility index (Phi) is 4.24. The van der Waals surface area contributed by atoms with Crippen LogP contribution in [0.5, 0.6) is 5.75 Å². The summed E-state index contributed by atoms with van der Waals surface area (Å²) >= 11 is 6.11. The SMILES string of the molecule is Cc1cc(-c2cc(-c3cccc(O)c3)nc(C)c2C#N)ccc1Cl. The molecule has 0 atom stereocenters. The molecule has 1 aromatic heterocycles. The number of phenolic OH excluding ortho intramolecular Hbond substituents is 1. The van der Waals surface area contributed by atoms with Crippen molar-refractivity contribution < 1.29 is 5.11 Å². The first-order valence-electron chi connectivity index (χ1n) is 7.47. The maximum atomic E-state index is 9.70. The van der Waals surface area contributed by atoms with Gasteiger partial charge in [0.15, 0.2) is 0 Å². The Morgan fingerprint density at radius 2 is 1.83 bits per heavy atom. The molecule has 0 aliphatic carbocycles. The van der Waals surface area contributed by atoms with Gasteiger partial charge in [0.1, 0.15) is 11.8 Å². The van der Waals surface area contributed by atoms with Crippen LogP contribution in [0.4, 0.5) is 0 Å². The molecule has 118 valence electrons. The zero-order valence-electron chi connectivity index (χ0n) is 13.3. The molecule has 2 aromatic carbocycles. The molecule has 0 aliphatic rings. The van der Waals surface area contributed by atoms with Crippen LogP contribution in [0.3, 0.4) is 0 Å². The van der Waals surface area contributed by atoms with Crippen LogP contribution < -0.4 is 0 Å². The molecule has 4 heteroatoms. The van der Waals surface area contributed by atoms with Crippen LogP contribution in [0.15, 0.2) is 48.5 Å². The van der Waals surface area contributed by atoms with Crippen molar-refractivity contribution in [1.29, 1.82) is 5.26 Å². The topological polar surface area (TPSA) is 56.9 Å². The number of phenols is 1. The summed E-state index contributed by atoms with van der Waals surface area (Å²) in [5.41, 5.74) is 5.39. The van der Waals surface area contributed by atoms with E-state index in [1.54, 1.807) is 18.2 Å². The van der Waals surface area contributed by atoms with Gasteiger partial charge in [0.2, 0.25) is 0 Å². The number of halogens is 1. The number of aryl methyl sites for hydroxylation is 2. The maximum absolute atomic E-state index is 9.70. The Bertz CT molecular complexity index is 974. The Morgan fingerprint density at radius 3 is 2.50 bits per heavy atom. The molecule has 0 amide bonds. The molecule has 0 fully saturated rings. The molecule has 1 heterocycles. The second kappa shape index (κ2) is 6.35. The van der Waals surface area contributed by atoms with E-state index in [1.807, 2.05) is 44.2 Å². The number of aromatic nitrogens is 1. The van der Waals surface area contributed by atoms with Gasteiger partial charge in [-0.1, -0.05) is 29.8 Å². The highest BCUT2D eigenvalue weighted by Crippen LogP contribution is 2.32. The monoisotopic (exact) mass is 334 g/mol. The number of nitriles is 1. The van der Waals surface area contributed by atoms with E-state index in [-0.39, 0.29) is 5.75 Å². The van der Waals surface area contributed by atoms with Gasteiger partial charge in [0.05, 0.1) is 17.0 Å². The van der Waals surface area contributed by atoms with E-state index in [2.05, 4.69) is 11.1 Å². The highest BCUT2D eigenvalue weighted by atomic mass is 35.5. The zero-order chi connectivity index (χ0) is 17.3. The Labute approximate surface area is 145 Å². The molecule has 0 saturated carbocycles. The van der Waals surface area contributed by atoms with Gasteiger partial charge in [0.25, 0.3) is 0 Å². The quantitative estimate of drug-likeness (QED) is 0.695. The van der Waals surface area contributed by atoms with Crippen LogP contribution in [0, 0.1) is 25.2 Å². The fourth-order valence-corrected chi connectivity index (χ4v) is 2.78. The lowest BCUT2D eigenvalue weighted by Gasteiger charge is -2.12. The van der Waals surface area contributed by atoms with Gasteiger partial charge >= 0.3 is 0 Å². The van der Waals surface area contributed by atoms with Gasteiger partial charge < -0.3 is 5.11 Å². The first-order valence-corrected chi connectivity index (χ1v) is 7.85. The number of hydrogen-bond acceptors (Lipinski definition) is 3. The van der Waals surface area contributed by atoms with Crippen molar-refractivity contribution >= 4 is 11.6 Å². The summed E-state index contributed by atoms with van der Waals surface area (Å²) in [7, 11) is 0. The molecular weight excluding hydrogens is 320 g/mol. The fraction of sp³-hybridized carbons (Fsp3) is 0.100. The molecule has 0 unspecified atom stereocenters. The molecule has 3 aromatic rings. The van der Waals surface area contributed by atoms with Crippen molar-refractivity contribution in [2.45, 2.75) is 13.8 Å². The van der Waals surface area contributed by atoms with E-state index in [4.69, 9.17) is 11.6 Å². The van der Waals surface area contributed by atoms with Crippen LogP contribution in [-0.2, 0) is 0 Å². The molecular formula is C20H15ClN2O. The average Bonchev–Trinajstić information content (AvgIpc) is 2.56.